The Morgan fingerprint density at radius 3 is 2.64 bits per heavy atom. The van der Waals surface area contributed by atoms with Gasteiger partial charge in [0.25, 0.3) is 5.91 Å². The lowest BCUT2D eigenvalue weighted by Crippen LogP contribution is -2.36. The molecule has 0 saturated carbocycles. The minimum atomic E-state index is -0.666. The van der Waals surface area contributed by atoms with Gasteiger partial charge in [-0.25, -0.2) is 9.37 Å². The summed E-state index contributed by atoms with van der Waals surface area (Å²) in [6, 6.07) is 11.0. The standard InChI is InChI=1S/C27H25FN4O4/c1-15-7-9-32(10-8-15)27-25-26(36-14-22(34)30-25)23(16-5-6-21(35-2)20(33)12-16)24(31-27)17-3-4-18(13-29)19(28)11-17/h3-6,11-12,15,33H,7-10,14H2,1-2H3,(H,30,34). The molecule has 0 bridgehead atoms. The Kier molecular flexibility index (Phi) is 6.10. The van der Waals surface area contributed by atoms with Gasteiger partial charge in [-0.3, -0.25) is 4.79 Å². The molecule has 2 aromatic carbocycles. The summed E-state index contributed by atoms with van der Waals surface area (Å²) in [7, 11) is 1.45. The maximum Gasteiger partial charge on any atom is 0.262 e. The number of aromatic nitrogens is 1. The fourth-order valence-corrected chi connectivity index (χ4v) is 4.65. The van der Waals surface area contributed by atoms with E-state index in [0.717, 1.165) is 25.9 Å². The Morgan fingerprint density at radius 2 is 1.97 bits per heavy atom. The van der Waals surface area contributed by atoms with Gasteiger partial charge in [-0.15, -0.1) is 0 Å². The number of fused-ring (bicyclic) bond motifs is 1. The van der Waals surface area contributed by atoms with Crippen molar-refractivity contribution >= 4 is 17.4 Å². The van der Waals surface area contributed by atoms with Crippen LogP contribution in [0.15, 0.2) is 36.4 Å². The zero-order chi connectivity index (χ0) is 25.4. The molecule has 0 aliphatic carbocycles. The Morgan fingerprint density at radius 1 is 1.22 bits per heavy atom. The number of phenols is 1. The lowest BCUT2D eigenvalue weighted by atomic mass is 9.95. The molecule has 5 rings (SSSR count). The van der Waals surface area contributed by atoms with Gasteiger partial charge in [0.1, 0.15) is 17.6 Å². The Bertz CT molecular complexity index is 1390. The van der Waals surface area contributed by atoms with Crippen molar-refractivity contribution in [3.8, 4) is 45.7 Å². The molecule has 9 heteroatoms. The van der Waals surface area contributed by atoms with E-state index in [0.29, 0.717) is 51.3 Å². The highest BCUT2D eigenvalue weighted by atomic mass is 19.1. The number of carbonyl (C=O) groups excluding carboxylic acids is 1. The predicted molar refractivity (Wildman–Crippen MR) is 133 cm³/mol. The molecule has 1 aromatic heterocycles. The quantitative estimate of drug-likeness (QED) is 0.548. The molecule has 3 aromatic rings. The summed E-state index contributed by atoms with van der Waals surface area (Å²) in [6.07, 6.45) is 1.94. The van der Waals surface area contributed by atoms with Crippen LogP contribution in [0.4, 0.5) is 15.9 Å². The predicted octanol–water partition coefficient (Wildman–Crippen LogP) is 4.71. The zero-order valence-corrected chi connectivity index (χ0v) is 20.0. The highest BCUT2D eigenvalue weighted by molar-refractivity contribution is 6.04. The maximum absolute atomic E-state index is 14.7. The molecule has 1 amide bonds. The van der Waals surface area contributed by atoms with Gasteiger partial charge in [-0.1, -0.05) is 19.1 Å². The second kappa shape index (κ2) is 9.38. The number of ether oxygens (including phenoxy) is 2. The molecule has 0 atom stereocenters. The lowest BCUT2D eigenvalue weighted by Gasteiger charge is -2.35. The maximum atomic E-state index is 14.7. The van der Waals surface area contributed by atoms with Crippen LogP contribution >= 0.6 is 0 Å². The van der Waals surface area contributed by atoms with E-state index in [1.165, 1.54) is 25.3 Å². The summed E-state index contributed by atoms with van der Waals surface area (Å²) in [5, 5.41) is 22.6. The van der Waals surface area contributed by atoms with Crippen molar-refractivity contribution in [2.45, 2.75) is 19.8 Å². The minimum absolute atomic E-state index is 0.0749. The number of rotatable bonds is 4. The van der Waals surface area contributed by atoms with Crippen molar-refractivity contribution in [1.29, 1.82) is 5.26 Å². The molecule has 2 aliphatic rings. The lowest BCUT2D eigenvalue weighted by molar-refractivity contribution is -0.118. The summed E-state index contributed by atoms with van der Waals surface area (Å²) in [6.45, 7) is 3.51. The first-order chi connectivity index (χ1) is 17.4. The largest absolute Gasteiger partial charge is 0.504 e. The third kappa shape index (κ3) is 4.15. The van der Waals surface area contributed by atoms with Crippen LogP contribution in [0.5, 0.6) is 17.2 Å². The molecule has 1 saturated heterocycles. The van der Waals surface area contributed by atoms with Crippen LogP contribution in [0, 0.1) is 23.1 Å². The van der Waals surface area contributed by atoms with E-state index in [9.17, 15) is 19.6 Å². The van der Waals surface area contributed by atoms with Crippen LogP contribution in [0.1, 0.15) is 25.3 Å². The van der Waals surface area contributed by atoms with Gasteiger partial charge in [0, 0.05) is 18.7 Å². The first kappa shape index (κ1) is 23.4. The highest BCUT2D eigenvalue weighted by Crippen LogP contribution is 2.49. The number of hydrogen-bond donors (Lipinski definition) is 2. The molecule has 0 radical (unpaired) electrons. The fraction of sp³-hybridized carbons (Fsp3) is 0.296. The van der Waals surface area contributed by atoms with Crippen LogP contribution in [0.25, 0.3) is 22.4 Å². The van der Waals surface area contributed by atoms with Crippen LogP contribution in [-0.4, -0.2) is 42.8 Å². The van der Waals surface area contributed by atoms with E-state index in [4.69, 9.17) is 14.5 Å². The molecule has 184 valence electrons. The summed E-state index contributed by atoms with van der Waals surface area (Å²) in [5.41, 5.74) is 2.25. The van der Waals surface area contributed by atoms with Crippen LogP contribution in [0.3, 0.4) is 0 Å². The third-order valence-electron chi connectivity index (χ3n) is 6.66. The van der Waals surface area contributed by atoms with Crippen molar-refractivity contribution in [2.24, 2.45) is 5.92 Å². The zero-order valence-electron chi connectivity index (χ0n) is 20.0. The molecule has 8 nitrogen and oxygen atoms in total. The van der Waals surface area contributed by atoms with E-state index < -0.39 is 5.82 Å². The first-order valence-corrected chi connectivity index (χ1v) is 11.7. The Labute approximate surface area is 207 Å². The highest BCUT2D eigenvalue weighted by Gasteiger charge is 2.32. The number of phenolic OH excluding ortho intramolecular Hbond substituents is 1. The summed E-state index contributed by atoms with van der Waals surface area (Å²) in [4.78, 5) is 19.4. The number of halogens is 1. The summed E-state index contributed by atoms with van der Waals surface area (Å²) >= 11 is 0. The van der Waals surface area contributed by atoms with Gasteiger partial charge in [0.15, 0.2) is 29.7 Å². The van der Waals surface area contributed by atoms with E-state index in [1.54, 1.807) is 18.2 Å². The second-order valence-electron chi connectivity index (χ2n) is 9.06. The van der Waals surface area contributed by atoms with Gasteiger partial charge in [0.05, 0.1) is 23.9 Å². The summed E-state index contributed by atoms with van der Waals surface area (Å²) in [5.74, 6) is 0.761. The minimum Gasteiger partial charge on any atom is -0.504 e. The van der Waals surface area contributed by atoms with Crippen LogP contribution in [0.2, 0.25) is 0 Å². The number of nitrogens with one attached hydrogen (secondary N) is 1. The van der Waals surface area contributed by atoms with Crippen molar-refractivity contribution < 1.29 is 23.8 Å². The smallest absolute Gasteiger partial charge is 0.262 e. The average molecular weight is 489 g/mol. The monoisotopic (exact) mass is 488 g/mol. The van der Waals surface area contributed by atoms with Crippen molar-refractivity contribution in [3.05, 3.63) is 47.8 Å². The number of anilines is 2. The van der Waals surface area contributed by atoms with Crippen LogP contribution < -0.4 is 19.7 Å². The van der Waals surface area contributed by atoms with Crippen molar-refractivity contribution in [2.75, 3.05) is 37.0 Å². The molecule has 36 heavy (non-hydrogen) atoms. The number of nitriles is 1. The number of pyridine rings is 1. The van der Waals surface area contributed by atoms with Crippen molar-refractivity contribution in [1.82, 2.24) is 4.98 Å². The van der Waals surface area contributed by atoms with Crippen molar-refractivity contribution in [3.63, 3.8) is 0 Å². The van der Waals surface area contributed by atoms with Gasteiger partial charge in [-0.05, 0) is 48.6 Å². The number of aromatic hydroxyl groups is 1. The van der Waals surface area contributed by atoms with Gasteiger partial charge in [0.2, 0.25) is 0 Å². The number of amides is 1. The fourth-order valence-electron chi connectivity index (χ4n) is 4.65. The molecule has 0 spiro atoms. The molecule has 2 N–H and O–H groups in total. The number of piperidine rings is 1. The SMILES string of the molecule is COc1ccc(-c2c(-c3ccc(C#N)c(F)c3)nc(N3CCC(C)CC3)c3c2OCC(=O)N3)cc1O. The number of nitrogens with zero attached hydrogens (tertiary/aromatic N) is 3. The molecule has 2 aliphatic heterocycles. The van der Waals surface area contributed by atoms with E-state index in [-0.39, 0.29) is 23.8 Å². The normalized spacial score (nSPS) is 15.5. The van der Waals surface area contributed by atoms with Gasteiger partial charge in [-0.2, -0.15) is 5.26 Å². The van der Waals surface area contributed by atoms with Gasteiger partial charge >= 0.3 is 0 Å². The first-order valence-electron chi connectivity index (χ1n) is 11.7. The van der Waals surface area contributed by atoms with E-state index in [1.807, 2.05) is 6.07 Å². The van der Waals surface area contributed by atoms with E-state index in [2.05, 4.69) is 17.1 Å². The number of carbonyl (C=O) groups is 1. The number of benzene rings is 2. The molecule has 0 unspecified atom stereocenters. The molecule has 1 fully saturated rings. The molecular weight excluding hydrogens is 463 g/mol. The van der Waals surface area contributed by atoms with Gasteiger partial charge < -0.3 is 24.8 Å². The molecular formula is C27H25FN4O4. The topological polar surface area (TPSA) is 108 Å². The van der Waals surface area contributed by atoms with Crippen LogP contribution in [-0.2, 0) is 4.79 Å². The number of methoxy groups -OCH3 is 1. The molecule has 3 heterocycles. The summed E-state index contributed by atoms with van der Waals surface area (Å²) < 4.78 is 25.9. The van der Waals surface area contributed by atoms with E-state index >= 15 is 0 Å². The average Bonchev–Trinajstić information content (AvgIpc) is 2.88. The second-order valence-corrected chi connectivity index (χ2v) is 9.06. The third-order valence-corrected chi connectivity index (χ3v) is 6.66. The number of hydrogen-bond acceptors (Lipinski definition) is 7. The Hall–Kier alpha value is -4.32. The Balaban J connectivity index is 1.79.